The van der Waals surface area contributed by atoms with Gasteiger partial charge in [-0.25, -0.2) is 4.39 Å². The van der Waals surface area contributed by atoms with Crippen molar-refractivity contribution in [3.8, 4) is 0 Å². The molecule has 2 N–H and O–H groups in total. The Bertz CT molecular complexity index is 368. The van der Waals surface area contributed by atoms with Crippen LogP contribution in [0.5, 0.6) is 0 Å². The van der Waals surface area contributed by atoms with Crippen LogP contribution in [0.25, 0.3) is 0 Å². The molecule has 0 saturated heterocycles. The van der Waals surface area contributed by atoms with Gasteiger partial charge in [-0.05, 0) is 31.0 Å². The molecule has 0 fully saturated rings. The van der Waals surface area contributed by atoms with Crippen molar-refractivity contribution in [3.05, 3.63) is 34.6 Å². The van der Waals surface area contributed by atoms with Crippen molar-refractivity contribution in [2.24, 2.45) is 5.73 Å². The van der Waals surface area contributed by atoms with Gasteiger partial charge in [0.2, 0.25) is 0 Å². The van der Waals surface area contributed by atoms with Crippen molar-refractivity contribution in [2.75, 3.05) is 0 Å². The first-order valence-electron chi connectivity index (χ1n) is 4.70. The van der Waals surface area contributed by atoms with Crippen LogP contribution in [0.15, 0.2) is 18.2 Å². The van der Waals surface area contributed by atoms with Crippen molar-refractivity contribution in [1.29, 1.82) is 0 Å². The zero-order valence-corrected chi connectivity index (χ0v) is 9.22. The first kappa shape index (κ1) is 12.1. The van der Waals surface area contributed by atoms with E-state index in [0.717, 1.165) is 5.56 Å². The van der Waals surface area contributed by atoms with E-state index < -0.39 is 5.82 Å². The van der Waals surface area contributed by atoms with Gasteiger partial charge in [0.05, 0.1) is 5.02 Å². The molecule has 1 atom stereocenters. The van der Waals surface area contributed by atoms with Gasteiger partial charge in [-0.1, -0.05) is 17.7 Å². The summed E-state index contributed by atoms with van der Waals surface area (Å²) in [5.41, 5.74) is 6.58. The third-order valence-electron chi connectivity index (χ3n) is 2.18. The summed E-state index contributed by atoms with van der Waals surface area (Å²) in [5, 5.41) is 0.0609. The van der Waals surface area contributed by atoms with Gasteiger partial charge in [0, 0.05) is 12.5 Å². The first-order valence-corrected chi connectivity index (χ1v) is 5.08. The lowest BCUT2D eigenvalue weighted by Gasteiger charge is -2.11. The molecule has 0 bridgehead atoms. The number of nitrogens with two attached hydrogens (primary N) is 1. The van der Waals surface area contributed by atoms with Crippen molar-refractivity contribution in [1.82, 2.24) is 0 Å². The summed E-state index contributed by atoms with van der Waals surface area (Å²) in [4.78, 5) is 10.8. The van der Waals surface area contributed by atoms with E-state index in [4.69, 9.17) is 17.3 Å². The number of carbonyl (C=O) groups is 1. The number of halogens is 2. The van der Waals surface area contributed by atoms with Crippen molar-refractivity contribution >= 4 is 17.4 Å². The monoisotopic (exact) mass is 229 g/mol. The molecule has 0 aliphatic rings. The lowest BCUT2D eigenvalue weighted by Crippen LogP contribution is -2.11. The summed E-state index contributed by atoms with van der Waals surface area (Å²) < 4.78 is 12.8. The molecule has 0 saturated carbocycles. The SMILES string of the molecule is CC(=O)CCC(N)c1ccc(F)c(Cl)c1. The second-order valence-corrected chi connectivity index (χ2v) is 3.93. The van der Waals surface area contributed by atoms with E-state index in [1.54, 1.807) is 6.07 Å². The summed E-state index contributed by atoms with van der Waals surface area (Å²) in [6, 6.07) is 4.10. The molecule has 82 valence electrons. The van der Waals surface area contributed by atoms with E-state index in [-0.39, 0.29) is 16.8 Å². The van der Waals surface area contributed by atoms with Crippen LogP contribution in [-0.2, 0) is 4.79 Å². The molecule has 0 spiro atoms. The number of benzene rings is 1. The molecule has 0 aliphatic heterocycles. The predicted octanol–water partition coefficient (Wildman–Crippen LogP) is 2.85. The Kier molecular flexibility index (Phi) is 4.24. The van der Waals surface area contributed by atoms with Gasteiger partial charge in [0.25, 0.3) is 0 Å². The second-order valence-electron chi connectivity index (χ2n) is 3.52. The Morgan fingerprint density at radius 2 is 2.27 bits per heavy atom. The fraction of sp³-hybridized carbons (Fsp3) is 0.364. The van der Waals surface area contributed by atoms with E-state index in [1.807, 2.05) is 0 Å². The highest BCUT2D eigenvalue weighted by molar-refractivity contribution is 6.30. The summed E-state index contributed by atoms with van der Waals surface area (Å²) in [6.07, 6.45) is 0.980. The van der Waals surface area contributed by atoms with Crippen LogP contribution in [0.1, 0.15) is 31.4 Å². The minimum absolute atomic E-state index is 0.0609. The minimum atomic E-state index is -0.459. The van der Waals surface area contributed by atoms with Gasteiger partial charge in [0.15, 0.2) is 0 Å². The molecule has 15 heavy (non-hydrogen) atoms. The van der Waals surface area contributed by atoms with E-state index in [0.29, 0.717) is 12.8 Å². The van der Waals surface area contributed by atoms with Crippen LogP contribution >= 0.6 is 11.6 Å². The zero-order chi connectivity index (χ0) is 11.4. The van der Waals surface area contributed by atoms with Gasteiger partial charge in [0.1, 0.15) is 11.6 Å². The van der Waals surface area contributed by atoms with Crippen LogP contribution in [-0.4, -0.2) is 5.78 Å². The number of rotatable bonds is 4. The number of carbonyl (C=O) groups excluding carboxylic acids is 1. The van der Waals surface area contributed by atoms with Gasteiger partial charge in [-0.3, -0.25) is 0 Å². The maximum atomic E-state index is 12.8. The standard InChI is InChI=1S/C11H13ClFNO/c1-7(15)2-5-11(14)8-3-4-10(13)9(12)6-8/h3-4,6,11H,2,5,14H2,1H3. The summed E-state index contributed by atoms with van der Waals surface area (Å²) >= 11 is 5.62. The Balaban J connectivity index is 2.69. The van der Waals surface area contributed by atoms with Crippen LogP contribution in [0.3, 0.4) is 0 Å². The molecule has 1 rings (SSSR count). The van der Waals surface area contributed by atoms with E-state index >= 15 is 0 Å². The average Bonchev–Trinajstić information content (AvgIpc) is 2.18. The third kappa shape index (κ3) is 3.61. The van der Waals surface area contributed by atoms with E-state index in [2.05, 4.69) is 0 Å². The highest BCUT2D eigenvalue weighted by Crippen LogP contribution is 2.22. The maximum Gasteiger partial charge on any atom is 0.141 e. The van der Waals surface area contributed by atoms with Gasteiger partial charge in [-0.2, -0.15) is 0 Å². The number of ketones is 1. The highest BCUT2D eigenvalue weighted by Gasteiger charge is 2.09. The predicted molar refractivity (Wildman–Crippen MR) is 58.3 cm³/mol. The molecular formula is C11H13ClFNO. The molecule has 0 radical (unpaired) electrons. The van der Waals surface area contributed by atoms with Crippen LogP contribution in [0.2, 0.25) is 5.02 Å². The molecule has 0 aromatic heterocycles. The quantitative estimate of drug-likeness (QED) is 0.863. The third-order valence-corrected chi connectivity index (χ3v) is 2.47. The van der Waals surface area contributed by atoms with Gasteiger partial charge >= 0.3 is 0 Å². The van der Waals surface area contributed by atoms with Crippen molar-refractivity contribution < 1.29 is 9.18 Å². The average molecular weight is 230 g/mol. The molecule has 1 aromatic rings. The van der Waals surface area contributed by atoms with Gasteiger partial charge < -0.3 is 10.5 Å². The van der Waals surface area contributed by atoms with Crippen LogP contribution in [0.4, 0.5) is 4.39 Å². The number of hydrogen-bond acceptors (Lipinski definition) is 2. The zero-order valence-electron chi connectivity index (χ0n) is 8.47. The smallest absolute Gasteiger partial charge is 0.141 e. The Labute approximate surface area is 93.2 Å². The first-order chi connectivity index (χ1) is 7.00. The topological polar surface area (TPSA) is 43.1 Å². The molecule has 0 aliphatic carbocycles. The van der Waals surface area contributed by atoms with Crippen molar-refractivity contribution in [3.63, 3.8) is 0 Å². The Morgan fingerprint density at radius 1 is 1.60 bits per heavy atom. The minimum Gasteiger partial charge on any atom is -0.324 e. The highest BCUT2D eigenvalue weighted by atomic mass is 35.5. The Hall–Kier alpha value is -0.930. The molecular weight excluding hydrogens is 217 g/mol. The van der Waals surface area contributed by atoms with Crippen LogP contribution in [0, 0.1) is 5.82 Å². The van der Waals surface area contributed by atoms with E-state index in [1.165, 1.54) is 19.1 Å². The van der Waals surface area contributed by atoms with Gasteiger partial charge in [-0.15, -0.1) is 0 Å². The fourth-order valence-electron chi connectivity index (χ4n) is 1.27. The molecule has 4 heteroatoms. The Morgan fingerprint density at radius 3 is 2.80 bits per heavy atom. The normalized spacial score (nSPS) is 12.5. The lowest BCUT2D eigenvalue weighted by molar-refractivity contribution is -0.117. The molecule has 1 unspecified atom stereocenters. The van der Waals surface area contributed by atoms with Crippen molar-refractivity contribution in [2.45, 2.75) is 25.8 Å². The fourth-order valence-corrected chi connectivity index (χ4v) is 1.46. The summed E-state index contributed by atoms with van der Waals surface area (Å²) in [5.74, 6) is -0.363. The van der Waals surface area contributed by atoms with E-state index in [9.17, 15) is 9.18 Å². The lowest BCUT2D eigenvalue weighted by atomic mass is 10.0. The number of Topliss-reactive ketones (excluding diaryl/α,β-unsaturated/α-hetero) is 1. The largest absolute Gasteiger partial charge is 0.324 e. The molecule has 1 aromatic carbocycles. The number of hydrogen-bond donors (Lipinski definition) is 1. The molecule has 2 nitrogen and oxygen atoms in total. The molecule has 0 amide bonds. The molecule has 0 heterocycles. The second kappa shape index (κ2) is 5.24. The van der Waals surface area contributed by atoms with Crippen LogP contribution < -0.4 is 5.73 Å². The maximum absolute atomic E-state index is 12.8. The summed E-state index contributed by atoms with van der Waals surface area (Å²) in [6.45, 7) is 1.52. The summed E-state index contributed by atoms with van der Waals surface area (Å²) in [7, 11) is 0.